The van der Waals surface area contributed by atoms with Crippen LogP contribution in [-0.4, -0.2) is 22.8 Å². The Bertz CT molecular complexity index is 171. The third-order valence-electron chi connectivity index (χ3n) is 2.29. The summed E-state index contributed by atoms with van der Waals surface area (Å²) < 4.78 is 0. The number of rotatable bonds is 3. The van der Waals surface area contributed by atoms with Crippen molar-refractivity contribution in [2.45, 2.75) is 37.8 Å². The van der Waals surface area contributed by atoms with Gasteiger partial charge >= 0.3 is 6.09 Å². The molecule has 1 fully saturated rings. The van der Waals surface area contributed by atoms with Crippen molar-refractivity contribution in [1.29, 1.82) is 0 Å². The average Bonchev–Trinajstić information content (AvgIpc) is 2.67. The van der Waals surface area contributed by atoms with E-state index >= 15 is 0 Å². The molecule has 1 atom stereocenters. The van der Waals surface area contributed by atoms with Crippen LogP contribution in [0.3, 0.4) is 0 Å². The van der Waals surface area contributed by atoms with Gasteiger partial charge in [-0.25, -0.2) is 4.79 Å². The average molecular weight is 195 g/mol. The van der Waals surface area contributed by atoms with Crippen LogP contribution in [0, 0.1) is 0 Å². The number of hydrogen-bond acceptors (Lipinski definition) is 2. The van der Waals surface area contributed by atoms with Crippen LogP contribution in [0.2, 0.25) is 0 Å². The normalized spacial score (nSPS) is 20.5. The zero-order valence-electron chi connectivity index (χ0n) is 7.04. The molecule has 0 saturated heterocycles. The number of nitrogens with two attached hydrogens (primary N) is 1. The van der Waals surface area contributed by atoms with Gasteiger partial charge in [-0.2, -0.15) is 0 Å². The van der Waals surface area contributed by atoms with Gasteiger partial charge in [0.25, 0.3) is 0 Å². The van der Waals surface area contributed by atoms with Crippen molar-refractivity contribution in [3.8, 4) is 0 Å². The quantitative estimate of drug-likeness (QED) is 0.626. The molecule has 0 radical (unpaired) electrons. The molecule has 0 aromatic rings. The topological polar surface area (TPSA) is 75.3 Å². The molecular weight excluding hydrogens is 180 g/mol. The molecule has 0 aliphatic heterocycles. The van der Waals surface area contributed by atoms with Gasteiger partial charge in [-0.3, -0.25) is 0 Å². The second kappa shape index (κ2) is 3.96. The molecule has 1 saturated carbocycles. The number of hydrogen-bond donors (Lipinski definition) is 3. The number of carboxylic acid groups (broad SMARTS) is 1. The Labute approximate surface area is 77.9 Å². The van der Waals surface area contributed by atoms with Gasteiger partial charge in [0.05, 0.1) is 5.54 Å². The Kier molecular flexibility index (Phi) is 3.80. The van der Waals surface area contributed by atoms with E-state index < -0.39 is 6.09 Å². The summed E-state index contributed by atoms with van der Waals surface area (Å²) in [5.41, 5.74) is 5.44. The van der Waals surface area contributed by atoms with Crippen molar-refractivity contribution in [2.24, 2.45) is 5.73 Å². The van der Waals surface area contributed by atoms with E-state index in [0.717, 1.165) is 19.3 Å². The highest BCUT2D eigenvalue weighted by Crippen LogP contribution is 2.38. The first-order chi connectivity index (χ1) is 5.10. The van der Waals surface area contributed by atoms with Crippen LogP contribution in [0.15, 0.2) is 0 Å². The molecule has 4 N–H and O–H groups in total. The first-order valence-corrected chi connectivity index (χ1v) is 3.87. The maximum absolute atomic E-state index is 10.3. The summed E-state index contributed by atoms with van der Waals surface area (Å²) in [6.45, 7) is 1.97. The summed E-state index contributed by atoms with van der Waals surface area (Å²) in [6.07, 6.45) is 1.62. The SMILES string of the molecule is CCC(N)C1(NC(=O)O)CC1.Cl. The maximum Gasteiger partial charge on any atom is 0.405 e. The Morgan fingerprint density at radius 1 is 1.75 bits per heavy atom. The molecule has 0 aromatic carbocycles. The van der Waals surface area contributed by atoms with Gasteiger partial charge in [0, 0.05) is 6.04 Å². The van der Waals surface area contributed by atoms with Crippen molar-refractivity contribution in [3.05, 3.63) is 0 Å². The Hall–Kier alpha value is -0.480. The minimum Gasteiger partial charge on any atom is -0.465 e. The minimum absolute atomic E-state index is 0. The van der Waals surface area contributed by atoms with Crippen molar-refractivity contribution in [2.75, 3.05) is 0 Å². The van der Waals surface area contributed by atoms with Crippen LogP contribution in [0.4, 0.5) is 4.79 Å². The van der Waals surface area contributed by atoms with Gasteiger partial charge in [-0.05, 0) is 19.3 Å². The molecule has 1 rings (SSSR count). The molecule has 1 aliphatic rings. The summed E-state index contributed by atoms with van der Waals surface area (Å²) in [5, 5.41) is 10.9. The van der Waals surface area contributed by atoms with Gasteiger partial charge < -0.3 is 16.2 Å². The van der Waals surface area contributed by atoms with Gasteiger partial charge in [-0.1, -0.05) is 6.92 Å². The summed E-state index contributed by atoms with van der Waals surface area (Å²) in [6, 6.07) is -0.0291. The predicted octanol–water partition coefficient (Wildman–Crippen LogP) is 0.946. The van der Waals surface area contributed by atoms with Crippen LogP contribution >= 0.6 is 12.4 Å². The van der Waals surface area contributed by atoms with E-state index in [0.29, 0.717) is 0 Å². The van der Waals surface area contributed by atoms with E-state index in [-0.39, 0.29) is 24.0 Å². The maximum atomic E-state index is 10.3. The van der Waals surface area contributed by atoms with Crippen LogP contribution in [0.5, 0.6) is 0 Å². The lowest BCUT2D eigenvalue weighted by atomic mass is 10.1. The largest absolute Gasteiger partial charge is 0.465 e. The molecule has 0 spiro atoms. The number of amides is 1. The van der Waals surface area contributed by atoms with Crippen molar-refractivity contribution < 1.29 is 9.90 Å². The smallest absolute Gasteiger partial charge is 0.405 e. The van der Waals surface area contributed by atoms with Crippen molar-refractivity contribution in [3.63, 3.8) is 0 Å². The Morgan fingerprint density at radius 2 is 2.25 bits per heavy atom. The minimum atomic E-state index is -0.966. The van der Waals surface area contributed by atoms with Gasteiger partial charge in [-0.15, -0.1) is 12.4 Å². The summed E-state index contributed by atoms with van der Waals surface area (Å²) >= 11 is 0. The molecule has 0 bridgehead atoms. The fraction of sp³-hybridized carbons (Fsp3) is 0.857. The third kappa shape index (κ3) is 2.25. The molecule has 0 aromatic heterocycles. The first kappa shape index (κ1) is 11.5. The molecule has 1 aliphatic carbocycles. The van der Waals surface area contributed by atoms with E-state index in [1.807, 2.05) is 6.92 Å². The number of carbonyl (C=O) groups is 1. The monoisotopic (exact) mass is 194 g/mol. The van der Waals surface area contributed by atoms with Crippen LogP contribution in [0.25, 0.3) is 0 Å². The zero-order valence-corrected chi connectivity index (χ0v) is 7.86. The highest BCUT2D eigenvalue weighted by atomic mass is 35.5. The van der Waals surface area contributed by atoms with E-state index in [9.17, 15) is 4.79 Å². The first-order valence-electron chi connectivity index (χ1n) is 3.87. The standard InChI is InChI=1S/C7H14N2O2.ClH/c1-2-5(8)7(3-4-7)9-6(10)11;/h5,9H,2-4,8H2,1H3,(H,10,11);1H. The number of halogens is 1. The lowest BCUT2D eigenvalue weighted by Crippen LogP contribution is -2.49. The summed E-state index contributed by atoms with van der Waals surface area (Å²) in [4.78, 5) is 10.3. The van der Waals surface area contributed by atoms with Crippen LogP contribution < -0.4 is 11.1 Å². The van der Waals surface area contributed by atoms with Crippen molar-refractivity contribution in [1.82, 2.24) is 5.32 Å². The predicted molar refractivity (Wildman–Crippen MR) is 48.6 cm³/mol. The van der Waals surface area contributed by atoms with E-state index in [1.165, 1.54) is 0 Å². The molecule has 12 heavy (non-hydrogen) atoms. The van der Waals surface area contributed by atoms with Crippen LogP contribution in [0.1, 0.15) is 26.2 Å². The fourth-order valence-electron chi connectivity index (χ4n) is 1.33. The Morgan fingerprint density at radius 3 is 2.50 bits per heavy atom. The number of nitrogens with one attached hydrogen (secondary N) is 1. The van der Waals surface area contributed by atoms with Crippen molar-refractivity contribution >= 4 is 18.5 Å². The zero-order chi connectivity index (χ0) is 8.48. The van der Waals surface area contributed by atoms with Gasteiger partial charge in [0.1, 0.15) is 0 Å². The highest BCUT2D eigenvalue weighted by Gasteiger charge is 2.48. The summed E-state index contributed by atoms with van der Waals surface area (Å²) in [5.74, 6) is 0. The second-order valence-corrected chi connectivity index (χ2v) is 3.10. The lowest BCUT2D eigenvalue weighted by molar-refractivity contribution is 0.185. The van der Waals surface area contributed by atoms with Crippen LogP contribution in [-0.2, 0) is 0 Å². The molecule has 4 nitrogen and oxygen atoms in total. The second-order valence-electron chi connectivity index (χ2n) is 3.10. The fourth-order valence-corrected chi connectivity index (χ4v) is 1.33. The molecule has 1 amide bonds. The van der Waals surface area contributed by atoms with E-state index in [2.05, 4.69) is 5.32 Å². The lowest BCUT2D eigenvalue weighted by Gasteiger charge is -2.21. The van der Waals surface area contributed by atoms with E-state index in [4.69, 9.17) is 10.8 Å². The molecule has 1 unspecified atom stereocenters. The highest BCUT2D eigenvalue weighted by molar-refractivity contribution is 5.85. The van der Waals surface area contributed by atoms with E-state index in [1.54, 1.807) is 0 Å². The molecule has 5 heteroatoms. The molecule has 0 heterocycles. The van der Waals surface area contributed by atoms with Gasteiger partial charge in [0.2, 0.25) is 0 Å². The molecular formula is C7H15ClN2O2. The molecule has 72 valence electrons. The third-order valence-corrected chi connectivity index (χ3v) is 2.29. The Balaban J connectivity index is 0.00000121. The summed E-state index contributed by atoms with van der Waals surface area (Å²) in [7, 11) is 0. The van der Waals surface area contributed by atoms with Gasteiger partial charge in [0.15, 0.2) is 0 Å².